The molecule has 0 amide bonds. The Bertz CT molecular complexity index is 538. The van der Waals surface area contributed by atoms with Crippen molar-refractivity contribution >= 4 is 17.3 Å². The second-order valence-electron chi connectivity index (χ2n) is 3.37. The molecular weight excluding hydrogens is 239 g/mol. The van der Waals surface area contributed by atoms with Gasteiger partial charge in [0, 0.05) is 10.9 Å². The number of hydrogen-bond acceptors (Lipinski definition) is 3. The molecule has 0 atom stereocenters. The van der Waals surface area contributed by atoms with E-state index in [1.54, 1.807) is 23.6 Å². The zero-order valence-electron chi connectivity index (χ0n) is 8.90. The van der Waals surface area contributed by atoms with Gasteiger partial charge >= 0.3 is 0 Å². The number of nitrogens with two attached hydrogens (primary N) is 1. The average Bonchev–Trinajstić information content (AvgIpc) is 2.75. The maximum Gasteiger partial charge on any atom is 0.186 e. The standard InChI is InChI=1S/C11H11FN4S/c12-8-4-2-1-3-7(8)9-6-17-10(16-9)5-15-11(13)14/h1-4,6H,5H2,(H4,13,14,15). The summed E-state index contributed by atoms with van der Waals surface area (Å²) < 4.78 is 13.5. The molecule has 1 aromatic heterocycles. The molecule has 1 heterocycles. The maximum absolute atomic E-state index is 13.5. The highest BCUT2D eigenvalue weighted by Gasteiger charge is 2.08. The van der Waals surface area contributed by atoms with Gasteiger partial charge in [0.25, 0.3) is 0 Å². The van der Waals surface area contributed by atoms with Crippen molar-refractivity contribution in [3.8, 4) is 11.3 Å². The van der Waals surface area contributed by atoms with E-state index in [1.165, 1.54) is 17.4 Å². The number of thiazole rings is 1. The molecule has 1 aromatic carbocycles. The Kier molecular flexibility index (Phi) is 3.34. The molecule has 88 valence electrons. The molecule has 0 saturated carbocycles. The maximum atomic E-state index is 13.5. The minimum Gasteiger partial charge on any atom is -0.370 e. The number of benzene rings is 1. The van der Waals surface area contributed by atoms with Gasteiger partial charge in [0.15, 0.2) is 5.96 Å². The van der Waals surface area contributed by atoms with Crippen molar-refractivity contribution in [3.63, 3.8) is 0 Å². The van der Waals surface area contributed by atoms with Crippen molar-refractivity contribution in [2.75, 3.05) is 0 Å². The van der Waals surface area contributed by atoms with Crippen LogP contribution >= 0.6 is 11.3 Å². The van der Waals surface area contributed by atoms with Gasteiger partial charge in [-0.2, -0.15) is 0 Å². The largest absolute Gasteiger partial charge is 0.370 e. The first-order valence-electron chi connectivity index (χ1n) is 4.94. The van der Waals surface area contributed by atoms with E-state index in [9.17, 15) is 4.39 Å². The second-order valence-corrected chi connectivity index (χ2v) is 4.32. The van der Waals surface area contributed by atoms with Crippen LogP contribution in [-0.2, 0) is 6.54 Å². The summed E-state index contributed by atoms with van der Waals surface area (Å²) in [6.07, 6.45) is 0. The smallest absolute Gasteiger partial charge is 0.186 e. The summed E-state index contributed by atoms with van der Waals surface area (Å²) in [6, 6.07) is 6.50. The molecule has 0 aliphatic rings. The van der Waals surface area contributed by atoms with E-state index >= 15 is 0 Å². The van der Waals surface area contributed by atoms with Crippen LogP contribution < -0.4 is 11.1 Å². The minimum atomic E-state index is -0.288. The molecule has 6 heteroatoms. The van der Waals surface area contributed by atoms with Gasteiger partial charge in [-0.25, -0.2) is 9.37 Å². The zero-order chi connectivity index (χ0) is 12.3. The SMILES string of the molecule is N=C(N)NCc1nc(-c2ccccc2F)cs1. The molecule has 0 bridgehead atoms. The normalized spacial score (nSPS) is 10.2. The minimum absolute atomic E-state index is 0.104. The molecule has 4 N–H and O–H groups in total. The van der Waals surface area contributed by atoms with E-state index in [2.05, 4.69) is 10.3 Å². The van der Waals surface area contributed by atoms with Crippen LogP contribution in [0.5, 0.6) is 0 Å². The van der Waals surface area contributed by atoms with Gasteiger partial charge in [-0.05, 0) is 12.1 Å². The molecule has 2 aromatic rings. The fourth-order valence-electron chi connectivity index (χ4n) is 1.36. The van der Waals surface area contributed by atoms with Gasteiger partial charge in [0.05, 0.1) is 12.2 Å². The van der Waals surface area contributed by atoms with E-state index in [4.69, 9.17) is 11.1 Å². The van der Waals surface area contributed by atoms with Crippen LogP contribution in [-0.4, -0.2) is 10.9 Å². The summed E-state index contributed by atoms with van der Waals surface area (Å²) in [5, 5.41) is 12.2. The van der Waals surface area contributed by atoms with E-state index < -0.39 is 0 Å². The lowest BCUT2D eigenvalue weighted by atomic mass is 10.2. The number of rotatable bonds is 3. The number of nitrogens with zero attached hydrogens (tertiary/aromatic N) is 1. The summed E-state index contributed by atoms with van der Waals surface area (Å²) in [5.74, 6) is -0.392. The second kappa shape index (κ2) is 4.92. The first-order valence-corrected chi connectivity index (χ1v) is 5.82. The van der Waals surface area contributed by atoms with Crippen LogP contribution in [0.2, 0.25) is 0 Å². The monoisotopic (exact) mass is 250 g/mol. The lowest BCUT2D eigenvalue weighted by Crippen LogP contribution is -2.29. The molecule has 17 heavy (non-hydrogen) atoms. The van der Waals surface area contributed by atoms with Gasteiger partial charge in [0.1, 0.15) is 10.8 Å². The highest BCUT2D eigenvalue weighted by Crippen LogP contribution is 2.24. The topological polar surface area (TPSA) is 74.8 Å². The Morgan fingerprint density at radius 3 is 2.94 bits per heavy atom. The molecule has 0 aliphatic heterocycles. The highest BCUT2D eigenvalue weighted by atomic mass is 32.1. The molecular formula is C11H11FN4S. The lowest BCUT2D eigenvalue weighted by Gasteiger charge is -1.99. The van der Waals surface area contributed by atoms with Crippen molar-refractivity contribution in [3.05, 3.63) is 40.5 Å². The third-order valence-corrected chi connectivity index (χ3v) is 2.98. The Morgan fingerprint density at radius 1 is 1.47 bits per heavy atom. The molecule has 0 aliphatic carbocycles. The Balaban J connectivity index is 2.18. The summed E-state index contributed by atoms with van der Waals surface area (Å²) >= 11 is 1.40. The van der Waals surface area contributed by atoms with Crippen molar-refractivity contribution in [2.24, 2.45) is 5.73 Å². The summed E-state index contributed by atoms with van der Waals surface area (Å²) in [5.41, 5.74) is 6.26. The average molecular weight is 250 g/mol. The van der Waals surface area contributed by atoms with Crippen molar-refractivity contribution < 1.29 is 4.39 Å². The number of guanidine groups is 1. The fraction of sp³-hybridized carbons (Fsp3) is 0.0909. The quantitative estimate of drug-likeness (QED) is 0.575. The number of hydrogen-bond donors (Lipinski definition) is 3. The Morgan fingerprint density at radius 2 is 2.24 bits per heavy atom. The molecule has 0 radical (unpaired) electrons. The van der Waals surface area contributed by atoms with Crippen molar-refractivity contribution in [1.29, 1.82) is 5.41 Å². The lowest BCUT2D eigenvalue weighted by molar-refractivity contribution is 0.631. The van der Waals surface area contributed by atoms with E-state index in [0.29, 0.717) is 17.8 Å². The predicted octanol–water partition coefficient (Wildman–Crippen LogP) is 1.93. The molecule has 0 fully saturated rings. The molecule has 0 unspecified atom stereocenters. The third kappa shape index (κ3) is 2.79. The van der Waals surface area contributed by atoms with Crippen LogP contribution in [0.3, 0.4) is 0 Å². The van der Waals surface area contributed by atoms with Crippen LogP contribution in [0.15, 0.2) is 29.6 Å². The first kappa shape index (κ1) is 11.5. The van der Waals surface area contributed by atoms with Crippen LogP contribution in [0.4, 0.5) is 4.39 Å². The summed E-state index contributed by atoms with van der Waals surface area (Å²) in [7, 11) is 0. The zero-order valence-corrected chi connectivity index (χ0v) is 9.72. The predicted molar refractivity (Wildman–Crippen MR) is 66.3 cm³/mol. The Labute approximate surface area is 102 Å². The molecule has 4 nitrogen and oxygen atoms in total. The van der Waals surface area contributed by atoms with Gasteiger partial charge in [-0.15, -0.1) is 11.3 Å². The first-order chi connectivity index (χ1) is 8.16. The fourth-order valence-corrected chi connectivity index (χ4v) is 2.09. The number of nitrogens with one attached hydrogen (secondary N) is 2. The van der Waals surface area contributed by atoms with Crippen LogP contribution in [0.1, 0.15) is 5.01 Å². The van der Waals surface area contributed by atoms with Gasteiger partial charge in [0.2, 0.25) is 0 Å². The van der Waals surface area contributed by atoms with Crippen molar-refractivity contribution in [1.82, 2.24) is 10.3 Å². The van der Waals surface area contributed by atoms with E-state index in [1.807, 2.05) is 0 Å². The van der Waals surface area contributed by atoms with Gasteiger partial charge in [-0.1, -0.05) is 12.1 Å². The molecule has 0 saturated heterocycles. The third-order valence-electron chi connectivity index (χ3n) is 2.13. The van der Waals surface area contributed by atoms with Crippen LogP contribution in [0.25, 0.3) is 11.3 Å². The van der Waals surface area contributed by atoms with Crippen molar-refractivity contribution in [2.45, 2.75) is 6.54 Å². The molecule has 0 spiro atoms. The number of aromatic nitrogens is 1. The van der Waals surface area contributed by atoms with Gasteiger partial charge in [-0.3, -0.25) is 5.41 Å². The Hall–Kier alpha value is -1.95. The summed E-state index contributed by atoms with van der Waals surface area (Å²) in [6.45, 7) is 0.383. The summed E-state index contributed by atoms with van der Waals surface area (Å²) in [4.78, 5) is 4.28. The number of halogens is 1. The van der Waals surface area contributed by atoms with E-state index in [0.717, 1.165) is 5.01 Å². The van der Waals surface area contributed by atoms with Gasteiger partial charge < -0.3 is 11.1 Å². The van der Waals surface area contributed by atoms with E-state index in [-0.39, 0.29) is 11.8 Å². The highest BCUT2D eigenvalue weighted by molar-refractivity contribution is 7.09. The van der Waals surface area contributed by atoms with Crippen LogP contribution in [0, 0.1) is 11.2 Å². The molecule has 2 rings (SSSR count).